The van der Waals surface area contributed by atoms with Gasteiger partial charge in [0.1, 0.15) is 18.1 Å². The summed E-state index contributed by atoms with van der Waals surface area (Å²) in [5.74, 6) is -5.35. The monoisotopic (exact) mass is 504 g/mol. The molecule has 1 heterocycles. The molecule has 0 bridgehead atoms. The molecule has 0 aliphatic carbocycles. The maximum absolute atomic E-state index is 13.2. The molecule has 1 aromatic carbocycles. The number of hydrogen-bond donors (Lipinski definition) is 8. The van der Waals surface area contributed by atoms with Gasteiger partial charge in [0.15, 0.2) is 0 Å². The molecule has 14 nitrogen and oxygen atoms in total. The molecule has 1 aromatic heterocycles. The molecule has 194 valence electrons. The van der Waals surface area contributed by atoms with Crippen LogP contribution in [0.4, 0.5) is 0 Å². The first-order valence-corrected chi connectivity index (χ1v) is 10.8. The van der Waals surface area contributed by atoms with Crippen molar-refractivity contribution in [1.29, 1.82) is 0 Å². The minimum Gasteiger partial charge on any atom is -0.481 e. The predicted octanol–water partition coefficient (Wildman–Crippen LogP) is -2.47. The second-order valence-corrected chi connectivity index (χ2v) is 7.88. The third-order valence-electron chi connectivity index (χ3n) is 5.06. The van der Waals surface area contributed by atoms with Crippen LogP contribution in [0.1, 0.15) is 17.7 Å². The van der Waals surface area contributed by atoms with Crippen LogP contribution in [-0.2, 0) is 36.8 Å². The van der Waals surface area contributed by atoms with Gasteiger partial charge in [-0.1, -0.05) is 30.3 Å². The van der Waals surface area contributed by atoms with Gasteiger partial charge in [0.2, 0.25) is 17.7 Å². The van der Waals surface area contributed by atoms with E-state index < -0.39 is 66.9 Å². The molecule has 4 unspecified atom stereocenters. The first kappa shape index (κ1) is 27.9. The number of imidazole rings is 1. The molecular formula is C22H28N6O8. The zero-order valence-corrected chi connectivity index (χ0v) is 19.1. The van der Waals surface area contributed by atoms with E-state index >= 15 is 0 Å². The minimum absolute atomic E-state index is 0.00894. The lowest BCUT2D eigenvalue weighted by Crippen LogP contribution is -2.58. The van der Waals surface area contributed by atoms with Gasteiger partial charge in [-0.2, -0.15) is 0 Å². The normalized spacial score (nSPS) is 14.1. The largest absolute Gasteiger partial charge is 0.481 e. The number of rotatable bonds is 14. The van der Waals surface area contributed by atoms with Gasteiger partial charge in [0.05, 0.1) is 25.4 Å². The molecule has 2 rings (SSSR count). The Hall–Kier alpha value is -4.30. The van der Waals surface area contributed by atoms with Crippen molar-refractivity contribution in [2.45, 2.75) is 43.4 Å². The quantitative estimate of drug-likeness (QED) is 0.135. The zero-order chi connectivity index (χ0) is 26.7. The van der Waals surface area contributed by atoms with Crippen LogP contribution in [0, 0.1) is 0 Å². The highest BCUT2D eigenvalue weighted by molar-refractivity contribution is 5.95. The van der Waals surface area contributed by atoms with Gasteiger partial charge in [0.25, 0.3) is 0 Å². The summed E-state index contributed by atoms with van der Waals surface area (Å²) in [4.78, 5) is 67.2. The van der Waals surface area contributed by atoms with Gasteiger partial charge in [0, 0.05) is 24.7 Å². The Bertz CT molecular complexity index is 1050. The lowest BCUT2D eigenvalue weighted by atomic mass is 10.0. The number of aromatic amines is 1. The molecule has 0 saturated carbocycles. The number of nitrogens with two attached hydrogens (primary N) is 1. The highest BCUT2D eigenvalue weighted by Gasteiger charge is 2.31. The van der Waals surface area contributed by atoms with Crippen LogP contribution >= 0.6 is 0 Å². The van der Waals surface area contributed by atoms with E-state index in [1.807, 2.05) is 0 Å². The van der Waals surface area contributed by atoms with Crippen molar-refractivity contribution >= 4 is 29.7 Å². The molecule has 9 N–H and O–H groups in total. The van der Waals surface area contributed by atoms with Gasteiger partial charge in [-0.3, -0.25) is 19.2 Å². The van der Waals surface area contributed by atoms with E-state index in [4.69, 9.17) is 15.9 Å². The smallest absolute Gasteiger partial charge is 0.328 e. The molecule has 2 aromatic rings. The Balaban J connectivity index is 2.25. The molecule has 0 fully saturated rings. The third kappa shape index (κ3) is 8.81. The Morgan fingerprint density at radius 1 is 0.889 bits per heavy atom. The maximum atomic E-state index is 13.2. The first-order valence-electron chi connectivity index (χ1n) is 10.8. The van der Waals surface area contributed by atoms with Gasteiger partial charge < -0.3 is 42.0 Å². The van der Waals surface area contributed by atoms with Crippen molar-refractivity contribution in [2.24, 2.45) is 5.73 Å². The van der Waals surface area contributed by atoms with Crippen LogP contribution in [-0.4, -0.2) is 85.7 Å². The van der Waals surface area contributed by atoms with Crippen molar-refractivity contribution < 1.29 is 39.3 Å². The van der Waals surface area contributed by atoms with Crippen LogP contribution in [0.5, 0.6) is 0 Å². The molecule has 0 saturated heterocycles. The Morgan fingerprint density at radius 2 is 1.47 bits per heavy atom. The second-order valence-electron chi connectivity index (χ2n) is 7.88. The van der Waals surface area contributed by atoms with E-state index in [0.717, 1.165) is 0 Å². The number of aliphatic hydroxyl groups is 1. The predicted molar refractivity (Wildman–Crippen MR) is 123 cm³/mol. The topological polar surface area (TPSA) is 237 Å². The van der Waals surface area contributed by atoms with E-state index in [-0.39, 0.29) is 12.8 Å². The fourth-order valence-electron chi connectivity index (χ4n) is 3.17. The number of carboxylic acids is 2. The van der Waals surface area contributed by atoms with Gasteiger partial charge in [-0.15, -0.1) is 0 Å². The number of carboxylic acid groups (broad SMARTS) is 2. The van der Waals surface area contributed by atoms with Gasteiger partial charge in [-0.25, -0.2) is 9.78 Å². The number of amides is 3. The number of aliphatic hydroxyl groups excluding tert-OH is 1. The van der Waals surface area contributed by atoms with E-state index in [1.165, 1.54) is 12.5 Å². The van der Waals surface area contributed by atoms with Crippen LogP contribution in [0.25, 0.3) is 0 Å². The van der Waals surface area contributed by atoms with Crippen LogP contribution in [0.15, 0.2) is 42.9 Å². The van der Waals surface area contributed by atoms with Crippen molar-refractivity contribution in [3.05, 3.63) is 54.1 Å². The van der Waals surface area contributed by atoms with Crippen molar-refractivity contribution in [1.82, 2.24) is 25.9 Å². The summed E-state index contributed by atoms with van der Waals surface area (Å²) in [6.07, 6.45) is 1.97. The molecule has 14 heteroatoms. The average Bonchev–Trinajstić information content (AvgIpc) is 3.34. The lowest BCUT2D eigenvalue weighted by Gasteiger charge is -2.25. The van der Waals surface area contributed by atoms with Crippen molar-refractivity contribution in [3.63, 3.8) is 0 Å². The highest BCUT2D eigenvalue weighted by atomic mass is 16.4. The highest BCUT2D eigenvalue weighted by Crippen LogP contribution is 2.07. The number of nitrogens with one attached hydrogen (secondary N) is 4. The molecule has 0 radical (unpaired) electrons. The van der Waals surface area contributed by atoms with E-state index in [9.17, 15) is 29.1 Å². The third-order valence-corrected chi connectivity index (χ3v) is 5.06. The van der Waals surface area contributed by atoms with Crippen molar-refractivity contribution in [3.8, 4) is 0 Å². The van der Waals surface area contributed by atoms with Crippen LogP contribution in [0.2, 0.25) is 0 Å². The number of carbonyl (C=O) groups excluding carboxylic acids is 3. The Kier molecular flexibility index (Phi) is 10.5. The number of aliphatic carboxylic acids is 2. The number of carbonyl (C=O) groups is 5. The van der Waals surface area contributed by atoms with Crippen LogP contribution < -0.4 is 21.7 Å². The fraction of sp³-hybridized carbons (Fsp3) is 0.364. The van der Waals surface area contributed by atoms with E-state index in [1.54, 1.807) is 30.3 Å². The standard InChI is InChI=1S/C22H28N6O8/c23-14(8-18(30)31)19(32)26-15(6-12-4-2-1-3-5-12)20(33)27-16(7-13-9-24-11-25-13)21(34)28-17(10-29)22(35)36/h1-5,9,11,14-17,29H,6-8,10,23H2,(H,24,25)(H,26,32)(H,27,33)(H,28,34)(H,30,31)(H,35,36). The lowest BCUT2D eigenvalue weighted by molar-refractivity contribution is -0.143. The zero-order valence-electron chi connectivity index (χ0n) is 19.1. The van der Waals surface area contributed by atoms with E-state index in [0.29, 0.717) is 11.3 Å². The molecular weight excluding hydrogens is 476 g/mol. The van der Waals surface area contributed by atoms with Crippen molar-refractivity contribution in [2.75, 3.05) is 6.61 Å². The summed E-state index contributed by atoms with van der Waals surface area (Å²) in [5.41, 5.74) is 6.72. The summed E-state index contributed by atoms with van der Waals surface area (Å²) in [6, 6.07) is 3.03. The van der Waals surface area contributed by atoms with Gasteiger partial charge in [-0.05, 0) is 5.56 Å². The molecule has 3 amide bonds. The summed E-state index contributed by atoms with van der Waals surface area (Å²) < 4.78 is 0. The van der Waals surface area contributed by atoms with Gasteiger partial charge >= 0.3 is 11.9 Å². The Labute approximate surface area is 205 Å². The van der Waals surface area contributed by atoms with E-state index in [2.05, 4.69) is 25.9 Å². The SMILES string of the molecule is NC(CC(=O)O)C(=O)NC(Cc1ccccc1)C(=O)NC(Cc1cnc[nH]1)C(=O)NC(CO)C(=O)O. The number of aromatic nitrogens is 2. The number of benzene rings is 1. The summed E-state index contributed by atoms with van der Waals surface area (Å²) in [5, 5.41) is 34.3. The molecule has 0 aliphatic heterocycles. The first-order chi connectivity index (χ1) is 17.1. The maximum Gasteiger partial charge on any atom is 0.328 e. The molecule has 0 spiro atoms. The molecule has 4 atom stereocenters. The minimum atomic E-state index is -1.60. The average molecular weight is 505 g/mol. The van der Waals surface area contributed by atoms with Crippen LogP contribution in [0.3, 0.4) is 0 Å². The summed E-state index contributed by atoms with van der Waals surface area (Å²) in [7, 11) is 0. The number of H-pyrrole nitrogens is 1. The summed E-state index contributed by atoms with van der Waals surface area (Å²) >= 11 is 0. The Morgan fingerprint density at radius 3 is 2.00 bits per heavy atom. The second kappa shape index (κ2) is 13.6. The summed E-state index contributed by atoms with van der Waals surface area (Å²) in [6.45, 7) is -0.875. The molecule has 36 heavy (non-hydrogen) atoms. The number of hydrogen-bond acceptors (Lipinski definition) is 8. The fourth-order valence-corrected chi connectivity index (χ4v) is 3.17. The molecule has 0 aliphatic rings. The number of nitrogens with zero attached hydrogens (tertiary/aromatic N) is 1.